The predicted octanol–water partition coefficient (Wildman–Crippen LogP) is 5.10. The smallest absolute Gasteiger partial charge is 0.407 e. The molecule has 1 aliphatic carbocycles. The van der Waals surface area contributed by atoms with Gasteiger partial charge < -0.3 is 14.8 Å². The van der Waals surface area contributed by atoms with E-state index in [0.717, 1.165) is 35.0 Å². The van der Waals surface area contributed by atoms with Gasteiger partial charge in [0.05, 0.1) is 12.6 Å². The molecule has 1 aliphatic rings. The summed E-state index contributed by atoms with van der Waals surface area (Å²) in [5.41, 5.74) is 3.16. The van der Waals surface area contributed by atoms with Crippen molar-refractivity contribution in [2.24, 2.45) is 0 Å². The first-order valence-corrected chi connectivity index (χ1v) is 11.5. The van der Waals surface area contributed by atoms with Crippen molar-refractivity contribution in [3.8, 4) is 11.1 Å². The average molecular weight is 481 g/mol. The Morgan fingerprint density at radius 2 is 1.89 bits per heavy atom. The third kappa shape index (κ3) is 5.06. The lowest BCUT2D eigenvalue weighted by Crippen LogP contribution is -2.32. The lowest BCUT2D eigenvalue weighted by molar-refractivity contribution is 0.0522. The molecule has 3 aromatic rings. The van der Waals surface area contributed by atoms with E-state index in [-0.39, 0.29) is 18.0 Å². The van der Waals surface area contributed by atoms with Crippen LogP contribution in [0.5, 0.6) is 0 Å². The number of esters is 1. The van der Waals surface area contributed by atoms with E-state index in [1.165, 1.54) is 17.6 Å². The Labute approximate surface area is 202 Å². The summed E-state index contributed by atoms with van der Waals surface area (Å²) in [4.78, 5) is 37.1. The van der Waals surface area contributed by atoms with Crippen LogP contribution in [0.1, 0.15) is 66.6 Å². The van der Waals surface area contributed by atoms with Crippen LogP contribution < -0.4 is 10.9 Å². The van der Waals surface area contributed by atoms with Gasteiger partial charge in [-0.3, -0.25) is 9.20 Å². The number of fused-ring (bicyclic) bond motifs is 1. The van der Waals surface area contributed by atoms with Crippen molar-refractivity contribution in [3.63, 3.8) is 0 Å². The van der Waals surface area contributed by atoms with Gasteiger partial charge in [-0.15, -0.1) is 0 Å². The number of amides is 1. The molecule has 0 unspecified atom stereocenters. The Balaban J connectivity index is 1.70. The number of nitrogens with one attached hydrogen (secondary N) is 1. The summed E-state index contributed by atoms with van der Waals surface area (Å²) < 4.78 is 26.4. The lowest BCUT2D eigenvalue weighted by atomic mass is 9.96. The van der Waals surface area contributed by atoms with Gasteiger partial charge >= 0.3 is 12.1 Å². The van der Waals surface area contributed by atoms with Crippen LogP contribution in [0.3, 0.4) is 0 Å². The summed E-state index contributed by atoms with van der Waals surface area (Å²) in [7, 11) is 1.25. The van der Waals surface area contributed by atoms with Gasteiger partial charge in [-0.05, 0) is 86.9 Å². The number of nitrogens with zero attached hydrogens (tertiary/aromatic N) is 1. The number of hydrogen-bond acceptors (Lipinski definition) is 5. The van der Waals surface area contributed by atoms with E-state index in [1.807, 2.05) is 6.92 Å². The zero-order valence-electron chi connectivity index (χ0n) is 20.5. The fourth-order valence-electron chi connectivity index (χ4n) is 4.21. The predicted molar refractivity (Wildman–Crippen MR) is 130 cm³/mol. The maximum absolute atomic E-state index is 14.9. The van der Waals surface area contributed by atoms with Crippen LogP contribution in [0.25, 0.3) is 16.6 Å². The molecule has 2 aromatic heterocycles. The highest BCUT2D eigenvalue weighted by Crippen LogP contribution is 2.43. The third-order valence-electron chi connectivity index (χ3n) is 6.02. The van der Waals surface area contributed by atoms with E-state index in [1.54, 1.807) is 51.2 Å². The fourth-order valence-corrected chi connectivity index (χ4v) is 4.21. The summed E-state index contributed by atoms with van der Waals surface area (Å²) in [5, 5.41) is 2.57. The third-order valence-corrected chi connectivity index (χ3v) is 6.02. The van der Waals surface area contributed by atoms with Crippen molar-refractivity contribution in [1.29, 1.82) is 0 Å². The molecule has 8 heteroatoms. The van der Waals surface area contributed by atoms with Crippen LogP contribution in [-0.2, 0) is 16.0 Å². The maximum atomic E-state index is 14.9. The zero-order chi connectivity index (χ0) is 25.5. The number of rotatable bonds is 5. The number of hydrogen-bond donors (Lipinski definition) is 1. The topological polar surface area (TPSA) is 86.1 Å². The molecule has 0 saturated heterocycles. The molecule has 1 aromatic carbocycles. The number of carbonyl (C=O) groups excluding carboxylic acids is 2. The Morgan fingerprint density at radius 3 is 2.49 bits per heavy atom. The van der Waals surface area contributed by atoms with E-state index in [9.17, 15) is 18.8 Å². The van der Waals surface area contributed by atoms with E-state index in [0.29, 0.717) is 11.1 Å². The van der Waals surface area contributed by atoms with E-state index in [2.05, 4.69) is 5.32 Å². The van der Waals surface area contributed by atoms with Crippen LogP contribution in [0.4, 0.5) is 9.18 Å². The molecule has 184 valence electrons. The Morgan fingerprint density at radius 1 is 1.17 bits per heavy atom. The minimum atomic E-state index is -0.661. The number of alkyl carbamates (subject to hydrolysis) is 1. The molecule has 1 saturated carbocycles. The van der Waals surface area contributed by atoms with Gasteiger partial charge in [0, 0.05) is 18.3 Å². The highest BCUT2D eigenvalue weighted by atomic mass is 19.1. The van der Waals surface area contributed by atoms with Crippen LogP contribution in [0.15, 0.2) is 41.3 Å². The number of benzene rings is 1. The first kappa shape index (κ1) is 24.4. The summed E-state index contributed by atoms with van der Waals surface area (Å²) in [6.07, 6.45) is 2.96. The van der Waals surface area contributed by atoms with Gasteiger partial charge in [0.1, 0.15) is 17.0 Å². The van der Waals surface area contributed by atoms with Crippen LogP contribution in [-0.4, -0.2) is 29.2 Å². The molecule has 2 heterocycles. The van der Waals surface area contributed by atoms with Crippen molar-refractivity contribution in [2.45, 2.75) is 58.6 Å². The van der Waals surface area contributed by atoms with Crippen LogP contribution >= 0.6 is 0 Å². The van der Waals surface area contributed by atoms with Gasteiger partial charge in [-0.2, -0.15) is 0 Å². The highest BCUT2D eigenvalue weighted by molar-refractivity contribution is 5.90. The highest BCUT2D eigenvalue weighted by Gasteiger charge is 2.29. The first-order chi connectivity index (χ1) is 16.5. The largest absolute Gasteiger partial charge is 0.465 e. The standard InChI is InChI=1S/C27H29FN2O5/c1-15-19(17-8-9-18(22(28)12-17)14-29-26(33)35-27(2,3)4)10-11-30-23(15)20(16-6-7-16)13-21(24(30)31)25(32)34-5/h8-13,16H,6-7,14H2,1-5H3,(H,29,33). The van der Waals surface area contributed by atoms with Crippen molar-refractivity contribution in [2.75, 3.05) is 7.11 Å². The second-order valence-corrected chi connectivity index (χ2v) is 9.82. The van der Waals surface area contributed by atoms with Crippen LogP contribution in [0.2, 0.25) is 0 Å². The number of pyridine rings is 2. The molecule has 35 heavy (non-hydrogen) atoms. The van der Waals surface area contributed by atoms with E-state index in [4.69, 9.17) is 9.47 Å². The SMILES string of the molecule is COC(=O)c1cc(C2CC2)c2c(C)c(-c3ccc(CNC(=O)OC(C)(C)C)c(F)c3)ccn2c1=O. The summed E-state index contributed by atoms with van der Waals surface area (Å²) in [6.45, 7) is 7.16. The monoisotopic (exact) mass is 480 g/mol. The molecule has 7 nitrogen and oxygen atoms in total. The number of methoxy groups -OCH3 is 1. The molecule has 4 rings (SSSR count). The number of halogens is 1. The van der Waals surface area contributed by atoms with E-state index >= 15 is 0 Å². The number of ether oxygens (including phenoxy) is 2. The minimum Gasteiger partial charge on any atom is -0.465 e. The molecular weight excluding hydrogens is 451 g/mol. The molecule has 1 N–H and O–H groups in total. The molecule has 0 spiro atoms. The second kappa shape index (κ2) is 9.17. The minimum absolute atomic E-state index is 0.00471. The van der Waals surface area contributed by atoms with E-state index < -0.39 is 29.0 Å². The summed E-state index contributed by atoms with van der Waals surface area (Å²) in [5.74, 6) is -0.856. The van der Waals surface area contributed by atoms with Gasteiger partial charge in [0.25, 0.3) is 5.56 Å². The first-order valence-electron chi connectivity index (χ1n) is 11.5. The van der Waals surface area contributed by atoms with Gasteiger partial charge in [0.15, 0.2) is 0 Å². The Kier molecular flexibility index (Phi) is 6.40. The van der Waals surface area contributed by atoms with Crippen molar-refractivity contribution >= 4 is 17.6 Å². The van der Waals surface area contributed by atoms with Crippen molar-refractivity contribution < 1.29 is 23.5 Å². The van der Waals surface area contributed by atoms with Gasteiger partial charge in [-0.25, -0.2) is 14.0 Å². The maximum Gasteiger partial charge on any atom is 0.407 e. The van der Waals surface area contributed by atoms with Crippen LogP contribution in [0, 0.1) is 12.7 Å². The number of aromatic nitrogens is 1. The molecular formula is C27H29FN2O5. The number of aryl methyl sites for hydroxylation is 1. The molecule has 0 radical (unpaired) electrons. The Bertz CT molecular complexity index is 1380. The van der Waals surface area contributed by atoms with Crippen molar-refractivity contribution in [3.05, 3.63) is 75.0 Å². The second-order valence-electron chi connectivity index (χ2n) is 9.82. The molecule has 1 fully saturated rings. The quantitative estimate of drug-likeness (QED) is 0.514. The molecule has 0 bridgehead atoms. The Hall–Kier alpha value is -3.68. The fraction of sp³-hybridized carbons (Fsp3) is 0.370. The van der Waals surface area contributed by atoms with Gasteiger partial charge in [0.2, 0.25) is 0 Å². The molecule has 1 amide bonds. The normalized spacial score (nSPS) is 13.5. The summed E-state index contributed by atoms with van der Waals surface area (Å²) >= 11 is 0. The number of carbonyl (C=O) groups is 2. The van der Waals surface area contributed by atoms with Gasteiger partial charge in [-0.1, -0.05) is 12.1 Å². The average Bonchev–Trinajstić information content (AvgIpc) is 3.62. The molecule has 0 atom stereocenters. The zero-order valence-corrected chi connectivity index (χ0v) is 20.5. The summed E-state index contributed by atoms with van der Waals surface area (Å²) in [6, 6.07) is 8.22. The molecule has 0 aliphatic heterocycles. The van der Waals surface area contributed by atoms with Crippen molar-refractivity contribution in [1.82, 2.24) is 9.72 Å². The lowest BCUT2D eigenvalue weighted by Gasteiger charge is -2.20.